The second-order valence-corrected chi connectivity index (χ2v) is 8.73. The third kappa shape index (κ3) is 4.24. The zero-order chi connectivity index (χ0) is 19.4. The number of benzene rings is 2. The van der Waals surface area contributed by atoms with Crippen LogP contribution in [-0.2, 0) is 29.4 Å². The number of aromatic nitrogens is 2. The van der Waals surface area contributed by atoms with E-state index >= 15 is 0 Å². The van der Waals surface area contributed by atoms with Crippen molar-refractivity contribution < 1.29 is 8.42 Å². The van der Waals surface area contributed by atoms with Gasteiger partial charge < -0.3 is 4.57 Å². The average Bonchev–Trinajstić information content (AvgIpc) is 3.15. The number of allylic oxidation sites excluding steroid dienone is 1. The fourth-order valence-electron chi connectivity index (χ4n) is 3.50. The molecule has 0 saturated carbocycles. The van der Waals surface area contributed by atoms with E-state index in [0.717, 1.165) is 24.4 Å². The van der Waals surface area contributed by atoms with Gasteiger partial charge in [0.1, 0.15) is 5.82 Å². The minimum Gasteiger partial charge on any atom is -0.330 e. The summed E-state index contributed by atoms with van der Waals surface area (Å²) in [5.74, 6) is 0.870. The van der Waals surface area contributed by atoms with Crippen LogP contribution in [0.4, 0.5) is 0 Å². The molecule has 28 heavy (non-hydrogen) atoms. The second kappa shape index (κ2) is 8.12. The van der Waals surface area contributed by atoms with Crippen molar-refractivity contribution in [3.8, 4) is 0 Å². The molecule has 0 bridgehead atoms. The molecule has 1 N–H and O–H groups in total. The van der Waals surface area contributed by atoms with Crippen molar-refractivity contribution in [2.75, 3.05) is 6.54 Å². The Morgan fingerprint density at radius 3 is 2.64 bits per heavy atom. The summed E-state index contributed by atoms with van der Waals surface area (Å²) in [6.45, 7) is 1.05. The Balaban J connectivity index is 1.39. The van der Waals surface area contributed by atoms with Gasteiger partial charge in [-0.25, -0.2) is 18.1 Å². The first-order chi connectivity index (χ1) is 13.6. The summed E-state index contributed by atoms with van der Waals surface area (Å²) < 4.78 is 30.2. The summed E-state index contributed by atoms with van der Waals surface area (Å²) in [4.78, 5) is 4.84. The first-order valence-electron chi connectivity index (χ1n) is 9.44. The van der Waals surface area contributed by atoms with Crippen LogP contribution in [0.1, 0.15) is 28.9 Å². The van der Waals surface area contributed by atoms with Gasteiger partial charge in [-0.2, -0.15) is 0 Å². The highest BCUT2D eigenvalue weighted by molar-refractivity contribution is 7.93. The summed E-state index contributed by atoms with van der Waals surface area (Å²) in [7, 11) is -3.48. The lowest BCUT2D eigenvalue weighted by Gasteiger charge is -2.17. The zero-order valence-corrected chi connectivity index (χ0v) is 16.4. The van der Waals surface area contributed by atoms with Gasteiger partial charge in [-0.1, -0.05) is 54.6 Å². The van der Waals surface area contributed by atoms with Crippen LogP contribution in [-0.4, -0.2) is 24.5 Å². The van der Waals surface area contributed by atoms with Crippen LogP contribution >= 0.6 is 0 Å². The van der Waals surface area contributed by atoms with Gasteiger partial charge in [0.15, 0.2) is 0 Å². The molecule has 1 aliphatic carbocycles. The third-order valence-corrected chi connectivity index (χ3v) is 6.59. The minimum atomic E-state index is -3.48. The lowest BCUT2D eigenvalue weighted by molar-refractivity contribution is 0.583. The van der Waals surface area contributed by atoms with Crippen molar-refractivity contribution in [3.63, 3.8) is 0 Å². The number of nitrogens with one attached hydrogen (secondary N) is 1. The molecule has 1 aromatic heterocycles. The maximum atomic E-state index is 12.7. The Kier molecular flexibility index (Phi) is 5.41. The van der Waals surface area contributed by atoms with Crippen LogP contribution in [0.3, 0.4) is 0 Å². The van der Waals surface area contributed by atoms with Crippen LogP contribution in [0.2, 0.25) is 0 Å². The molecule has 0 fully saturated rings. The highest BCUT2D eigenvalue weighted by Gasteiger charge is 2.21. The predicted octanol–water partition coefficient (Wildman–Crippen LogP) is 3.38. The van der Waals surface area contributed by atoms with Crippen LogP contribution in [0, 0.1) is 0 Å². The molecule has 5 nitrogen and oxygen atoms in total. The van der Waals surface area contributed by atoms with Gasteiger partial charge in [-0.05, 0) is 35.6 Å². The van der Waals surface area contributed by atoms with Gasteiger partial charge in [0.25, 0.3) is 0 Å². The normalized spacial score (nSPS) is 13.8. The maximum Gasteiger partial charge on any atom is 0.236 e. The smallest absolute Gasteiger partial charge is 0.236 e. The lowest BCUT2D eigenvalue weighted by atomic mass is 9.98. The quantitative estimate of drug-likeness (QED) is 0.669. The summed E-state index contributed by atoms with van der Waals surface area (Å²) in [6.07, 6.45) is 7.31. The molecule has 2 aromatic carbocycles. The molecule has 1 aliphatic rings. The average molecular weight is 394 g/mol. The molecule has 0 unspecified atom stereocenters. The van der Waals surface area contributed by atoms with Gasteiger partial charge in [-0.15, -0.1) is 0 Å². The van der Waals surface area contributed by atoms with Crippen LogP contribution in [0.15, 0.2) is 71.9 Å². The Bertz CT molecular complexity index is 1090. The molecule has 6 heteroatoms. The second-order valence-electron chi connectivity index (χ2n) is 6.91. The number of fused-ring (bicyclic) bond motifs is 1. The van der Waals surface area contributed by atoms with Gasteiger partial charge in [-0.3, -0.25) is 0 Å². The molecule has 1 heterocycles. The van der Waals surface area contributed by atoms with Crippen molar-refractivity contribution >= 4 is 16.1 Å². The first-order valence-corrected chi connectivity index (χ1v) is 10.9. The Morgan fingerprint density at radius 2 is 1.79 bits per heavy atom. The molecule has 3 aromatic rings. The maximum absolute atomic E-state index is 12.7. The van der Waals surface area contributed by atoms with Crippen molar-refractivity contribution in [2.24, 2.45) is 0 Å². The first kappa shape index (κ1) is 18.7. The highest BCUT2D eigenvalue weighted by Crippen LogP contribution is 2.26. The Morgan fingerprint density at radius 1 is 1.00 bits per heavy atom. The van der Waals surface area contributed by atoms with Gasteiger partial charge >= 0.3 is 0 Å². The largest absolute Gasteiger partial charge is 0.330 e. The number of imidazole rings is 1. The summed E-state index contributed by atoms with van der Waals surface area (Å²) in [6, 6.07) is 18.1. The number of nitrogens with zero attached hydrogens (tertiary/aromatic N) is 2. The van der Waals surface area contributed by atoms with E-state index in [2.05, 4.69) is 32.5 Å². The lowest BCUT2D eigenvalue weighted by Crippen LogP contribution is -2.28. The molecule has 4 rings (SSSR count). The van der Waals surface area contributed by atoms with Gasteiger partial charge in [0.2, 0.25) is 10.0 Å². The topological polar surface area (TPSA) is 64.0 Å². The summed E-state index contributed by atoms with van der Waals surface area (Å²) >= 11 is 0. The molecule has 0 aliphatic heterocycles. The number of hydrogen-bond acceptors (Lipinski definition) is 3. The highest BCUT2D eigenvalue weighted by atomic mass is 32.2. The molecule has 144 valence electrons. The van der Waals surface area contributed by atoms with E-state index in [1.165, 1.54) is 11.1 Å². The van der Waals surface area contributed by atoms with E-state index in [0.29, 0.717) is 24.3 Å². The zero-order valence-electron chi connectivity index (χ0n) is 15.6. The van der Waals surface area contributed by atoms with Gasteiger partial charge in [0, 0.05) is 31.9 Å². The van der Waals surface area contributed by atoms with Crippen molar-refractivity contribution in [1.82, 2.24) is 14.3 Å². The summed E-state index contributed by atoms with van der Waals surface area (Å²) in [5.41, 5.74) is 3.38. The van der Waals surface area contributed by atoms with Crippen LogP contribution < -0.4 is 4.72 Å². The minimum absolute atomic E-state index is 0.327. The molecule has 0 amide bonds. The summed E-state index contributed by atoms with van der Waals surface area (Å²) in [5, 5.41) is 0. The molecule has 0 spiro atoms. The van der Waals surface area contributed by atoms with Crippen LogP contribution in [0.25, 0.3) is 6.08 Å². The van der Waals surface area contributed by atoms with Crippen molar-refractivity contribution in [2.45, 2.75) is 25.8 Å². The Labute approximate surface area is 165 Å². The molecular formula is C22H23N3O2S. The number of hydrogen-bond donors (Lipinski definition) is 1. The SMILES string of the molecule is O=S(=O)(NCCc1nccn1Cc1ccccc1)C1=Cc2ccccc2CC1. The standard InChI is InChI=1S/C22H23N3O2S/c26-28(27,21-11-10-19-8-4-5-9-20(19)16-21)24-13-12-22-23-14-15-25(22)17-18-6-2-1-3-7-18/h1-9,14-16,24H,10-13,17H2. The fraction of sp³-hybridized carbons (Fsp3) is 0.227. The number of rotatable bonds is 7. The van der Waals surface area contributed by atoms with Crippen LogP contribution in [0.5, 0.6) is 0 Å². The molecule has 0 radical (unpaired) electrons. The monoisotopic (exact) mass is 393 g/mol. The van der Waals surface area contributed by atoms with E-state index < -0.39 is 10.0 Å². The molecule has 0 atom stereocenters. The van der Waals surface area contributed by atoms with E-state index in [1.54, 1.807) is 12.3 Å². The third-order valence-electron chi connectivity index (χ3n) is 5.00. The van der Waals surface area contributed by atoms with E-state index in [-0.39, 0.29) is 0 Å². The molecular weight excluding hydrogens is 370 g/mol. The number of aryl methyl sites for hydroxylation is 1. The van der Waals surface area contributed by atoms with E-state index in [1.807, 2.05) is 42.6 Å². The number of sulfonamides is 1. The van der Waals surface area contributed by atoms with Crippen molar-refractivity contribution in [3.05, 3.63) is 94.4 Å². The Hall–Kier alpha value is -2.70. The van der Waals surface area contributed by atoms with Crippen molar-refractivity contribution in [1.29, 1.82) is 0 Å². The fourth-order valence-corrected chi connectivity index (χ4v) is 4.71. The van der Waals surface area contributed by atoms with E-state index in [9.17, 15) is 8.42 Å². The predicted molar refractivity (Wildman–Crippen MR) is 111 cm³/mol. The van der Waals surface area contributed by atoms with Gasteiger partial charge in [0.05, 0.1) is 4.91 Å². The van der Waals surface area contributed by atoms with E-state index in [4.69, 9.17) is 0 Å². The molecule has 0 saturated heterocycles.